The smallest absolute Gasteiger partial charge is 0.255 e. The van der Waals surface area contributed by atoms with Crippen LogP contribution in [0.1, 0.15) is 23.2 Å². The van der Waals surface area contributed by atoms with Crippen molar-refractivity contribution >= 4 is 28.2 Å². The number of piperidine rings is 1. The average molecular weight is 349 g/mol. The summed E-state index contributed by atoms with van der Waals surface area (Å²) in [7, 11) is 1.99. The van der Waals surface area contributed by atoms with Gasteiger partial charge < -0.3 is 19.9 Å². The summed E-state index contributed by atoms with van der Waals surface area (Å²) in [6, 6.07) is 15.7. The highest BCUT2D eigenvalue weighted by atomic mass is 16.3. The van der Waals surface area contributed by atoms with Crippen molar-refractivity contribution in [1.29, 1.82) is 0 Å². The van der Waals surface area contributed by atoms with E-state index in [4.69, 9.17) is 0 Å². The molecule has 1 aromatic heterocycles. The Morgan fingerprint density at radius 3 is 2.54 bits per heavy atom. The van der Waals surface area contributed by atoms with E-state index >= 15 is 0 Å². The number of fused-ring (bicyclic) bond motifs is 1. The lowest BCUT2D eigenvalue weighted by Crippen LogP contribution is -2.35. The number of anilines is 2. The van der Waals surface area contributed by atoms with Crippen LogP contribution in [0.2, 0.25) is 0 Å². The van der Waals surface area contributed by atoms with Gasteiger partial charge in [0, 0.05) is 48.8 Å². The van der Waals surface area contributed by atoms with Crippen LogP contribution in [0.3, 0.4) is 0 Å². The molecule has 4 rings (SSSR count). The molecule has 1 fully saturated rings. The highest BCUT2D eigenvalue weighted by molar-refractivity contribution is 6.05. The third-order valence-corrected chi connectivity index (χ3v) is 5.11. The number of nitrogens with zero attached hydrogens (tertiary/aromatic N) is 2. The Labute approximate surface area is 152 Å². The topological polar surface area (TPSA) is 57.5 Å². The fourth-order valence-electron chi connectivity index (χ4n) is 3.49. The molecule has 3 aromatic rings. The van der Waals surface area contributed by atoms with Gasteiger partial charge in [0.15, 0.2) is 0 Å². The molecular weight excluding hydrogens is 326 g/mol. The van der Waals surface area contributed by atoms with Crippen molar-refractivity contribution in [3.8, 4) is 0 Å². The van der Waals surface area contributed by atoms with Gasteiger partial charge in [-0.15, -0.1) is 0 Å². The second kappa shape index (κ2) is 6.84. The third kappa shape index (κ3) is 3.30. The molecular formula is C21H23N3O2. The highest BCUT2D eigenvalue weighted by Gasteiger charge is 2.17. The van der Waals surface area contributed by atoms with Crippen molar-refractivity contribution in [3.63, 3.8) is 0 Å². The molecule has 1 saturated heterocycles. The van der Waals surface area contributed by atoms with Crippen LogP contribution in [0.4, 0.5) is 11.4 Å². The Kier molecular flexibility index (Phi) is 4.39. The summed E-state index contributed by atoms with van der Waals surface area (Å²) < 4.78 is 2.04. The molecule has 2 N–H and O–H groups in total. The van der Waals surface area contributed by atoms with Crippen molar-refractivity contribution in [2.75, 3.05) is 23.3 Å². The van der Waals surface area contributed by atoms with Crippen LogP contribution in [0.25, 0.3) is 10.9 Å². The maximum Gasteiger partial charge on any atom is 0.255 e. The van der Waals surface area contributed by atoms with Gasteiger partial charge in [0.05, 0.1) is 6.10 Å². The van der Waals surface area contributed by atoms with E-state index in [1.807, 2.05) is 60.3 Å². The molecule has 0 atom stereocenters. The van der Waals surface area contributed by atoms with Gasteiger partial charge in [-0.05, 0) is 60.7 Å². The van der Waals surface area contributed by atoms with Gasteiger partial charge >= 0.3 is 0 Å². The molecule has 0 radical (unpaired) electrons. The molecule has 1 amide bonds. The van der Waals surface area contributed by atoms with E-state index in [9.17, 15) is 9.90 Å². The van der Waals surface area contributed by atoms with Crippen LogP contribution < -0.4 is 10.2 Å². The van der Waals surface area contributed by atoms with Crippen LogP contribution in [0, 0.1) is 0 Å². The summed E-state index contributed by atoms with van der Waals surface area (Å²) in [5.41, 5.74) is 3.61. The number of benzene rings is 2. The second-order valence-corrected chi connectivity index (χ2v) is 6.92. The first kappa shape index (κ1) is 16.7. The number of aryl methyl sites for hydroxylation is 1. The quantitative estimate of drug-likeness (QED) is 0.762. The first-order valence-corrected chi connectivity index (χ1v) is 9.00. The van der Waals surface area contributed by atoms with E-state index in [1.54, 1.807) is 0 Å². The summed E-state index contributed by atoms with van der Waals surface area (Å²) >= 11 is 0. The third-order valence-electron chi connectivity index (χ3n) is 5.11. The Morgan fingerprint density at radius 2 is 1.81 bits per heavy atom. The maximum absolute atomic E-state index is 12.5. The fraction of sp³-hybridized carbons (Fsp3) is 0.286. The van der Waals surface area contributed by atoms with Crippen molar-refractivity contribution in [3.05, 3.63) is 60.3 Å². The average Bonchev–Trinajstić information content (AvgIpc) is 3.03. The molecule has 134 valence electrons. The summed E-state index contributed by atoms with van der Waals surface area (Å²) in [4.78, 5) is 14.8. The van der Waals surface area contributed by atoms with E-state index in [-0.39, 0.29) is 12.0 Å². The summed E-state index contributed by atoms with van der Waals surface area (Å²) in [5, 5.41) is 13.7. The number of hydrogen-bond acceptors (Lipinski definition) is 3. The summed E-state index contributed by atoms with van der Waals surface area (Å²) in [6.07, 6.45) is 3.42. The number of carbonyl (C=O) groups is 1. The standard InChI is InChI=1S/C21H23N3O2/c1-23-11-8-15-2-5-17(14-20(15)23)22-21(26)16-3-6-18(7-4-16)24-12-9-19(25)10-13-24/h2-8,11,14,19,25H,9-10,12-13H2,1H3,(H,22,26). The molecule has 0 saturated carbocycles. The van der Waals surface area contributed by atoms with Crippen LogP contribution in [0.15, 0.2) is 54.7 Å². The Balaban J connectivity index is 1.46. The van der Waals surface area contributed by atoms with Crippen LogP contribution in [-0.2, 0) is 7.05 Å². The molecule has 5 nitrogen and oxygen atoms in total. The van der Waals surface area contributed by atoms with Gasteiger partial charge in [-0.3, -0.25) is 4.79 Å². The number of nitrogens with one attached hydrogen (secondary N) is 1. The van der Waals surface area contributed by atoms with E-state index in [2.05, 4.69) is 16.3 Å². The monoisotopic (exact) mass is 349 g/mol. The zero-order valence-corrected chi connectivity index (χ0v) is 14.9. The molecule has 0 unspecified atom stereocenters. The summed E-state index contributed by atoms with van der Waals surface area (Å²) in [6.45, 7) is 1.70. The Morgan fingerprint density at radius 1 is 1.08 bits per heavy atom. The van der Waals surface area contributed by atoms with Crippen LogP contribution >= 0.6 is 0 Å². The minimum absolute atomic E-state index is 0.112. The van der Waals surface area contributed by atoms with Crippen molar-refractivity contribution < 1.29 is 9.90 Å². The second-order valence-electron chi connectivity index (χ2n) is 6.92. The minimum Gasteiger partial charge on any atom is -0.393 e. The summed E-state index contributed by atoms with van der Waals surface area (Å²) in [5.74, 6) is -0.112. The van der Waals surface area contributed by atoms with E-state index in [0.717, 1.165) is 48.2 Å². The lowest BCUT2D eigenvalue weighted by Gasteiger charge is -2.31. The van der Waals surface area contributed by atoms with Gasteiger partial charge in [0.25, 0.3) is 5.91 Å². The molecule has 1 aliphatic heterocycles. The normalized spacial score (nSPS) is 15.4. The highest BCUT2D eigenvalue weighted by Crippen LogP contribution is 2.22. The Bertz CT molecular complexity index is 922. The van der Waals surface area contributed by atoms with Crippen molar-refractivity contribution in [2.24, 2.45) is 7.05 Å². The van der Waals surface area contributed by atoms with Gasteiger partial charge in [-0.25, -0.2) is 0 Å². The number of amides is 1. The molecule has 2 aromatic carbocycles. The van der Waals surface area contributed by atoms with Crippen molar-refractivity contribution in [1.82, 2.24) is 4.57 Å². The number of hydrogen-bond donors (Lipinski definition) is 2. The molecule has 0 aliphatic carbocycles. The number of aromatic nitrogens is 1. The minimum atomic E-state index is -0.183. The maximum atomic E-state index is 12.5. The lowest BCUT2D eigenvalue weighted by molar-refractivity contribution is 0.102. The molecule has 1 aliphatic rings. The number of rotatable bonds is 3. The molecule has 0 bridgehead atoms. The Hall–Kier alpha value is -2.79. The first-order chi connectivity index (χ1) is 12.6. The fourth-order valence-corrected chi connectivity index (χ4v) is 3.49. The van der Waals surface area contributed by atoms with Gasteiger partial charge in [0.2, 0.25) is 0 Å². The molecule has 26 heavy (non-hydrogen) atoms. The SMILES string of the molecule is Cn1ccc2ccc(NC(=O)c3ccc(N4CCC(O)CC4)cc3)cc21. The van der Waals surface area contributed by atoms with Crippen LogP contribution in [-0.4, -0.2) is 34.8 Å². The van der Waals surface area contributed by atoms with Gasteiger partial charge in [-0.1, -0.05) is 6.07 Å². The van der Waals surface area contributed by atoms with Gasteiger partial charge in [-0.2, -0.15) is 0 Å². The zero-order chi connectivity index (χ0) is 18.1. The predicted molar refractivity (Wildman–Crippen MR) is 105 cm³/mol. The number of aliphatic hydroxyl groups is 1. The zero-order valence-electron chi connectivity index (χ0n) is 14.9. The molecule has 0 spiro atoms. The van der Waals surface area contributed by atoms with E-state index in [0.29, 0.717) is 5.56 Å². The number of carbonyl (C=O) groups excluding carboxylic acids is 1. The molecule has 5 heteroatoms. The first-order valence-electron chi connectivity index (χ1n) is 9.00. The molecule has 2 heterocycles. The van der Waals surface area contributed by atoms with Crippen molar-refractivity contribution in [2.45, 2.75) is 18.9 Å². The van der Waals surface area contributed by atoms with E-state index in [1.165, 1.54) is 0 Å². The van der Waals surface area contributed by atoms with Gasteiger partial charge in [0.1, 0.15) is 0 Å². The van der Waals surface area contributed by atoms with Crippen LogP contribution in [0.5, 0.6) is 0 Å². The number of aliphatic hydroxyl groups excluding tert-OH is 1. The predicted octanol–water partition coefficient (Wildman–Crippen LogP) is 3.39. The lowest BCUT2D eigenvalue weighted by atomic mass is 10.1. The largest absolute Gasteiger partial charge is 0.393 e. The van der Waals surface area contributed by atoms with E-state index < -0.39 is 0 Å².